The van der Waals surface area contributed by atoms with Gasteiger partial charge in [0.15, 0.2) is 5.65 Å². The average Bonchev–Trinajstić information content (AvgIpc) is 3.47. The number of benzene rings is 2. The van der Waals surface area contributed by atoms with Crippen molar-refractivity contribution in [2.75, 3.05) is 0 Å². The molecule has 2 aromatic carbocycles. The second-order valence-electron chi connectivity index (χ2n) is 11.5. The van der Waals surface area contributed by atoms with Crippen LogP contribution in [0.25, 0.3) is 16.9 Å². The van der Waals surface area contributed by atoms with Gasteiger partial charge in [0.05, 0.1) is 24.1 Å². The molecule has 0 radical (unpaired) electrons. The maximum absolute atomic E-state index is 11.2. The molecule has 0 atom stereocenters. The molecule has 7 heteroatoms. The van der Waals surface area contributed by atoms with Crippen LogP contribution in [-0.4, -0.2) is 27.8 Å². The van der Waals surface area contributed by atoms with E-state index in [-0.39, 0.29) is 10.9 Å². The summed E-state index contributed by atoms with van der Waals surface area (Å²) in [6.45, 7) is 13.3. The minimum atomic E-state index is -2.00. The highest BCUT2D eigenvalue weighted by Gasteiger charge is 2.39. The number of aromatic hydroxyl groups is 1. The topological polar surface area (TPSA) is 72.8 Å². The number of nitrogens with zero attached hydrogens (tertiary/aromatic N) is 3. The number of hydrogen-bond donors (Lipinski definition) is 1. The van der Waals surface area contributed by atoms with Crippen LogP contribution in [0.1, 0.15) is 49.0 Å². The second-order valence-corrected chi connectivity index (χ2v) is 16.2. The Labute approximate surface area is 225 Å². The van der Waals surface area contributed by atoms with Gasteiger partial charge in [-0.1, -0.05) is 62.7 Å². The zero-order chi connectivity index (χ0) is 27.1. The quantitative estimate of drug-likeness (QED) is 0.222. The van der Waals surface area contributed by atoms with Gasteiger partial charge < -0.3 is 13.9 Å². The number of aryl methyl sites for hydroxylation is 1. The van der Waals surface area contributed by atoms with Gasteiger partial charge in [-0.3, -0.25) is 4.40 Å². The van der Waals surface area contributed by atoms with Crippen molar-refractivity contribution in [2.24, 2.45) is 0 Å². The molecule has 0 aliphatic rings. The van der Waals surface area contributed by atoms with Crippen LogP contribution in [0.4, 0.5) is 0 Å². The van der Waals surface area contributed by atoms with Crippen molar-refractivity contribution in [2.45, 2.75) is 58.7 Å². The summed E-state index contributed by atoms with van der Waals surface area (Å²) in [5.74, 6) is 1.68. The number of rotatable bonds is 7. The van der Waals surface area contributed by atoms with Crippen LogP contribution in [0.3, 0.4) is 0 Å². The van der Waals surface area contributed by atoms with Gasteiger partial charge in [-0.05, 0) is 54.9 Å². The zero-order valence-corrected chi connectivity index (χ0v) is 23.9. The summed E-state index contributed by atoms with van der Waals surface area (Å²) < 4.78 is 13.8. The first-order valence-corrected chi connectivity index (χ1v) is 15.9. The van der Waals surface area contributed by atoms with E-state index in [2.05, 4.69) is 65.1 Å². The van der Waals surface area contributed by atoms with Gasteiger partial charge >= 0.3 is 0 Å². The average molecular weight is 526 g/mol. The Morgan fingerprint density at radius 3 is 2.45 bits per heavy atom. The highest BCUT2D eigenvalue weighted by Crippen LogP contribution is 2.38. The smallest absolute Gasteiger partial charge is 0.250 e. The highest BCUT2D eigenvalue weighted by molar-refractivity contribution is 6.74. The maximum Gasteiger partial charge on any atom is 0.250 e. The minimum absolute atomic E-state index is 0.0914. The largest absolute Gasteiger partial charge is 0.543 e. The fraction of sp³-hybridized carbons (Fsp3) is 0.290. The van der Waals surface area contributed by atoms with Crippen LogP contribution in [-0.2, 0) is 12.8 Å². The third-order valence-electron chi connectivity index (χ3n) is 7.41. The van der Waals surface area contributed by atoms with Crippen molar-refractivity contribution < 1.29 is 13.9 Å². The third-order valence-corrected chi connectivity index (χ3v) is 11.8. The van der Waals surface area contributed by atoms with Crippen LogP contribution < -0.4 is 4.43 Å². The van der Waals surface area contributed by atoms with E-state index in [0.29, 0.717) is 24.2 Å². The van der Waals surface area contributed by atoms with Crippen LogP contribution in [0.15, 0.2) is 77.5 Å². The number of fused-ring (bicyclic) bond motifs is 1. The first-order valence-electron chi connectivity index (χ1n) is 13.0. The molecule has 0 bridgehead atoms. The summed E-state index contributed by atoms with van der Waals surface area (Å²) in [5.41, 5.74) is 6.00. The summed E-state index contributed by atoms with van der Waals surface area (Å²) in [7, 11) is -2.00. The molecule has 3 aromatic heterocycles. The van der Waals surface area contributed by atoms with Gasteiger partial charge in [0, 0.05) is 18.2 Å². The van der Waals surface area contributed by atoms with Gasteiger partial charge in [-0.25, -0.2) is 9.97 Å². The van der Waals surface area contributed by atoms with E-state index in [1.54, 1.807) is 10.7 Å². The molecule has 0 saturated heterocycles. The summed E-state index contributed by atoms with van der Waals surface area (Å²) in [6, 6.07) is 20.2. The standard InChI is InChI=1S/C31H35N3O3Si/c1-21-10-7-11-22(16-21)17-26-29-33-27(19-24-14-9-15-36-24)30(35)34(29)20-28(32-26)23-12-8-13-25(18-23)37-38(5,6)31(2,3)4/h7-16,18,20,35H,17,19H2,1-6H3. The van der Waals surface area contributed by atoms with E-state index in [0.717, 1.165) is 34.0 Å². The Hall–Kier alpha value is -3.84. The van der Waals surface area contributed by atoms with E-state index in [1.165, 1.54) is 5.56 Å². The summed E-state index contributed by atoms with van der Waals surface area (Å²) in [6.07, 6.45) is 4.48. The fourth-order valence-electron chi connectivity index (χ4n) is 4.28. The predicted molar refractivity (Wildman–Crippen MR) is 153 cm³/mol. The Bertz CT molecular complexity index is 1580. The van der Waals surface area contributed by atoms with E-state index >= 15 is 0 Å². The number of hydrogen-bond acceptors (Lipinski definition) is 5. The SMILES string of the molecule is Cc1cccc(Cc2nc(-c3cccc(O[Si](C)(C)C(C)(C)C)c3)cn3c(O)c(Cc4ccco4)nc23)c1. The molecule has 0 aliphatic heterocycles. The van der Waals surface area contributed by atoms with E-state index in [9.17, 15) is 5.11 Å². The Morgan fingerprint density at radius 2 is 1.74 bits per heavy atom. The Kier molecular flexibility index (Phi) is 6.65. The molecular weight excluding hydrogens is 490 g/mol. The lowest BCUT2D eigenvalue weighted by Gasteiger charge is -2.36. The van der Waals surface area contributed by atoms with E-state index < -0.39 is 8.32 Å². The molecule has 0 spiro atoms. The molecule has 0 unspecified atom stereocenters. The van der Waals surface area contributed by atoms with Gasteiger partial charge in [0.2, 0.25) is 14.2 Å². The zero-order valence-electron chi connectivity index (χ0n) is 22.9. The lowest BCUT2D eigenvalue weighted by molar-refractivity contribution is 0.438. The van der Waals surface area contributed by atoms with Crippen LogP contribution in [0.2, 0.25) is 18.1 Å². The lowest BCUT2D eigenvalue weighted by atomic mass is 10.1. The Morgan fingerprint density at radius 1 is 0.947 bits per heavy atom. The molecular formula is C31H35N3O3Si. The fourth-order valence-corrected chi connectivity index (χ4v) is 5.30. The Balaban J connectivity index is 1.60. The van der Waals surface area contributed by atoms with Crippen molar-refractivity contribution in [1.82, 2.24) is 14.4 Å². The third kappa shape index (κ3) is 5.24. The first-order chi connectivity index (χ1) is 18.0. The molecule has 0 fully saturated rings. The first kappa shape index (κ1) is 25.8. The minimum Gasteiger partial charge on any atom is -0.543 e. The summed E-state index contributed by atoms with van der Waals surface area (Å²) >= 11 is 0. The molecule has 0 aliphatic carbocycles. The van der Waals surface area contributed by atoms with Crippen LogP contribution in [0.5, 0.6) is 11.6 Å². The number of aromatic nitrogens is 3. The molecule has 5 rings (SSSR count). The molecule has 1 N–H and O–H groups in total. The molecule has 5 aromatic rings. The summed E-state index contributed by atoms with van der Waals surface area (Å²) in [5, 5.41) is 11.3. The van der Waals surface area contributed by atoms with Crippen molar-refractivity contribution in [3.05, 3.63) is 101 Å². The molecule has 3 heterocycles. The van der Waals surface area contributed by atoms with Crippen molar-refractivity contribution >= 4 is 14.0 Å². The van der Waals surface area contributed by atoms with E-state index in [4.69, 9.17) is 18.8 Å². The summed E-state index contributed by atoms with van der Waals surface area (Å²) in [4.78, 5) is 9.88. The monoisotopic (exact) mass is 525 g/mol. The normalized spacial score (nSPS) is 12.3. The molecule has 196 valence electrons. The maximum atomic E-state index is 11.2. The van der Waals surface area contributed by atoms with Crippen LogP contribution >= 0.6 is 0 Å². The van der Waals surface area contributed by atoms with Gasteiger partial charge in [-0.2, -0.15) is 0 Å². The second kappa shape index (κ2) is 9.80. The van der Waals surface area contributed by atoms with Gasteiger partial charge in [-0.15, -0.1) is 0 Å². The van der Waals surface area contributed by atoms with Gasteiger partial charge in [0.25, 0.3) is 0 Å². The molecule has 38 heavy (non-hydrogen) atoms. The van der Waals surface area contributed by atoms with Crippen LogP contribution in [0, 0.1) is 6.92 Å². The molecule has 0 saturated carbocycles. The highest BCUT2D eigenvalue weighted by atomic mass is 28.4. The molecule has 0 amide bonds. The van der Waals surface area contributed by atoms with Crippen molar-refractivity contribution in [3.63, 3.8) is 0 Å². The van der Waals surface area contributed by atoms with E-state index in [1.807, 2.05) is 42.6 Å². The number of furan rings is 1. The number of imidazole rings is 1. The van der Waals surface area contributed by atoms with Gasteiger partial charge in [0.1, 0.15) is 17.2 Å². The molecule has 6 nitrogen and oxygen atoms in total. The van der Waals surface area contributed by atoms with Crippen molar-refractivity contribution in [3.8, 4) is 22.9 Å². The lowest BCUT2D eigenvalue weighted by Crippen LogP contribution is -2.43. The van der Waals surface area contributed by atoms with Crippen molar-refractivity contribution in [1.29, 1.82) is 0 Å². The predicted octanol–water partition coefficient (Wildman–Crippen LogP) is 7.57.